The van der Waals surface area contributed by atoms with Gasteiger partial charge in [0.1, 0.15) is 0 Å². The van der Waals surface area contributed by atoms with E-state index in [1.165, 1.54) is 17.7 Å². The molecule has 1 fully saturated rings. The highest BCUT2D eigenvalue weighted by atomic mass is 15.3. The molecular weight excluding hydrogens is 196 g/mol. The van der Waals surface area contributed by atoms with Crippen molar-refractivity contribution in [2.45, 2.75) is 24.4 Å². The number of nitrogens with one attached hydrogen (secondary N) is 1. The summed E-state index contributed by atoms with van der Waals surface area (Å²) in [6.07, 6.45) is 4.79. The van der Waals surface area contributed by atoms with Crippen molar-refractivity contribution in [1.82, 2.24) is 5.32 Å². The summed E-state index contributed by atoms with van der Waals surface area (Å²) in [5, 5.41) is 3.62. The third kappa shape index (κ3) is 1.05. The van der Waals surface area contributed by atoms with E-state index in [1.54, 1.807) is 0 Å². The molecule has 3 rings (SSSR count). The Kier molecular flexibility index (Phi) is 2.08. The van der Waals surface area contributed by atoms with Gasteiger partial charge in [-0.3, -0.25) is 5.32 Å². The zero-order valence-corrected chi connectivity index (χ0v) is 9.74. The first-order valence-electron chi connectivity index (χ1n) is 5.96. The van der Waals surface area contributed by atoms with E-state index < -0.39 is 0 Å². The summed E-state index contributed by atoms with van der Waals surface area (Å²) in [6.45, 7) is 5.04. The van der Waals surface area contributed by atoms with Gasteiger partial charge >= 0.3 is 0 Å². The first-order chi connectivity index (χ1) is 7.79. The van der Waals surface area contributed by atoms with Gasteiger partial charge in [0.2, 0.25) is 0 Å². The van der Waals surface area contributed by atoms with Crippen LogP contribution in [0, 0.1) is 0 Å². The first-order valence-corrected chi connectivity index (χ1v) is 5.96. The molecule has 2 heteroatoms. The van der Waals surface area contributed by atoms with Crippen LogP contribution < -0.4 is 10.2 Å². The van der Waals surface area contributed by atoms with Crippen LogP contribution in [0.4, 0.5) is 5.69 Å². The van der Waals surface area contributed by atoms with E-state index in [2.05, 4.69) is 54.2 Å². The summed E-state index contributed by atoms with van der Waals surface area (Å²) in [5.74, 6) is 0. The molecule has 0 bridgehead atoms. The molecule has 1 saturated heterocycles. The summed E-state index contributed by atoms with van der Waals surface area (Å²) < 4.78 is 0. The second kappa shape index (κ2) is 3.36. The lowest BCUT2D eigenvalue weighted by atomic mass is 9.76. The molecule has 0 saturated carbocycles. The Hall–Kier alpha value is -1.28. The number of fused-ring (bicyclic) bond motifs is 3. The summed E-state index contributed by atoms with van der Waals surface area (Å²) in [7, 11) is 2.19. The molecule has 84 valence electrons. The van der Waals surface area contributed by atoms with Gasteiger partial charge in [-0.05, 0) is 31.0 Å². The molecule has 0 aliphatic carbocycles. The van der Waals surface area contributed by atoms with Crippen LogP contribution >= 0.6 is 0 Å². The molecular formula is C14H18N2. The van der Waals surface area contributed by atoms with Crippen LogP contribution in [0.15, 0.2) is 36.9 Å². The molecule has 0 unspecified atom stereocenters. The maximum Gasteiger partial charge on any atom is 0.0895 e. The summed E-state index contributed by atoms with van der Waals surface area (Å²) in [5.41, 5.74) is 3.13. The predicted octanol–water partition coefficient (Wildman–Crippen LogP) is 2.27. The fraction of sp³-hybridized carbons (Fsp3) is 0.429. The van der Waals surface area contributed by atoms with Crippen molar-refractivity contribution in [3.8, 4) is 0 Å². The molecule has 0 aromatic heterocycles. The summed E-state index contributed by atoms with van der Waals surface area (Å²) >= 11 is 0. The van der Waals surface area contributed by atoms with Crippen molar-refractivity contribution < 1.29 is 0 Å². The number of hydrogen-bond donors (Lipinski definition) is 1. The second-order valence-corrected chi connectivity index (χ2v) is 4.88. The van der Waals surface area contributed by atoms with Gasteiger partial charge in [-0.25, -0.2) is 0 Å². The fourth-order valence-corrected chi connectivity index (χ4v) is 3.48. The fourth-order valence-electron chi connectivity index (χ4n) is 3.48. The van der Waals surface area contributed by atoms with Crippen LogP contribution in [0.5, 0.6) is 0 Å². The average Bonchev–Trinajstić information content (AvgIpc) is 2.81. The molecule has 0 spiro atoms. The minimum Gasteiger partial charge on any atom is -0.358 e. The Morgan fingerprint density at radius 3 is 3.19 bits per heavy atom. The van der Waals surface area contributed by atoms with Crippen molar-refractivity contribution in [2.24, 2.45) is 0 Å². The monoisotopic (exact) mass is 214 g/mol. The van der Waals surface area contributed by atoms with Crippen molar-refractivity contribution in [1.29, 1.82) is 0 Å². The number of allylic oxidation sites excluding steroid dienone is 1. The molecule has 1 N–H and O–H groups in total. The van der Waals surface area contributed by atoms with E-state index in [9.17, 15) is 0 Å². The van der Waals surface area contributed by atoms with Crippen molar-refractivity contribution in [3.63, 3.8) is 0 Å². The lowest BCUT2D eigenvalue weighted by Gasteiger charge is -2.30. The molecule has 2 nitrogen and oxygen atoms in total. The third-order valence-corrected chi connectivity index (χ3v) is 4.15. The van der Waals surface area contributed by atoms with Gasteiger partial charge < -0.3 is 4.90 Å². The van der Waals surface area contributed by atoms with E-state index in [1.807, 2.05) is 0 Å². The minimum atomic E-state index is 0.257. The number of likely N-dealkylation sites (N-methyl/N-ethyl adjacent to an activating group) is 1. The van der Waals surface area contributed by atoms with Crippen LogP contribution in [0.2, 0.25) is 0 Å². The average molecular weight is 214 g/mol. The standard InChI is InChI=1S/C14H18N2/c1-3-8-14-9-10-15-13(14)16(2)12-7-5-4-6-11(12)14/h3-7,13,15H,1,8-10H2,2H3/t13-,14-/m0/s1. The molecule has 2 atom stereocenters. The van der Waals surface area contributed by atoms with Crippen LogP contribution in [-0.4, -0.2) is 19.8 Å². The van der Waals surface area contributed by atoms with Gasteiger partial charge in [-0.2, -0.15) is 0 Å². The molecule has 2 aliphatic rings. The van der Waals surface area contributed by atoms with Gasteiger partial charge in [-0.15, -0.1) is 6.58 Å². The van der Waals surface area contributed by atoms with Crippen molar-refractivity contribution in [2.75, 3.05) is 18.5 Å². The van der Waals surface area contributed by atoms with E-state index in [4.69, 9.17) is 0 Å². The highest BCUT2D eigenvalue weighted by molar-refractivity contribution is 5.64. The number of anilines is 1. The van der Waals surface area contributed by atoms with Gasteiger partial charge in [-0.1, -0.05) is 24.3 Å². The van der Waals surface area contributed by atoms with Gasteiger partial charge in [0, 0.05) is 18.2 Å². The number of para-hydroxylation sites is 1. The van der Waals surface area contributed by atoms with Crippen LogP contribution in [0.25, 0.3) is 0 Å². The molecule has 2 aliphatic heterocycles. The zero-order valence-electron chi connectivity index (χ0n) is 9.74. The zero-order chi connectivity index (χ0) is 11.2. The van der Waals surface area contributed by atoms with E-state index in [0.29, 0.717) is 6.17 Å². The first kappa shape index (κ1) is 9.91. The largest absolute Gasteiger partial charge is 0.358 e. The van der Waals surface area contributed by atoms with Crippen molar-refractivity contribution in [3.05, 3.63) is 42.5 Å². The minimum absolute atomic E-state index is 0.257. The SMILES string of the molecule is C=CC[C@@]12CCN[C@H]1N(C)c1ccccc12. The number of nitrogens with zero attached hydrogens (tertiary/aromatic N) is 1. The smallest absolute Gasteiger partial charge is 0.0895 e. The summed E-state index contributed by atoms with van der Waals surface area (Å²) in [6, 6.07) is 8.78. The maximum atomic E-state index is 3.93. The van der Waals surface area contributed by atoms with Gasteiger partial charge in [0.15, 0.2) is 0 Å². The highest BCUT2D eigenvalue weighted by Gasteiger charge is 2.51. The topological polar surface area (TPSA) is 15.3 Å². The molecule has 0 radical (unpaired) electrons. The Labute approximate surface area is 97.0 Å². The van der Waals surface area contributed by atoms with E-state index in [0.717, 1.165) is 13.0 Å². The van der Waals surface area contributed by atoms with Crippen LogP contribution in [-0.2, 0) is 5.41 Å². The number of benzene rings is 1. The van der Waals surface area contributed by atoms with E-state index in [-0.39, 0.29) is 5.41 Å². The Morgan fingerprint density at radius 2 is 2.38 bits per heavy atom. The Balaban J connectivity index is 2.17. The highest BCUT2D eigenvalue weighted by Crippen LogP contribution is 2.50. The lowest BCUT2D eigenvalue weighted by molar-refractivity contribution is 0.397. The van der Waals surface area contributed by atoms with Crippen molar-refractivity contribution >= 4 is 5.69 Å². The van der Waals surface area contributed by atoms with Gasteiger partial charge in [0.05, 0.1) is 6.17 Å². The molecule has 16 heavy (non-hydrogen) atoms. The quantitative estimate of drug-likeness (QED) is 0.760. The Bertz CT molecular complexity index is 426. The number of rotatable bonds is 2. The lowest BCUT2D eigenvalue weighted by Crippen LogP contribution is -2.45. The third-order valence-electron chi connectivity index (χ3n) is 4.15. The maximum absolute atomic E-state index is 3.93. The normalized spacial score (nSPS) is 31.3. The predicted molar refractivity (Wildman–Crippen MR) is 67.7 cm³/mol. The van der Waals surface area contributed by atoms with Crippen LogP contribution in [0.1, 0.15) is 18.4 Å². The molecule has 1 aromatic carbocycles. The second-order valence-electron chi connectivity index (χ2n) is 4.88. The number of hydrogen-bond acceptors (Lipinski definition) is 2. The molecule has 0 amide bonds. The Morgan fingerprint density at radius 1 is 1.56 bits per heavy atom. The molecule has 1 aromatic rings. The van der Waals surface area contributed by atoms with Gasteiger partial charge in [0.25, 0.3) is 0 Å². The summed E-state index contributed by atoms with van der Waals surface area (Å²) in [4.78, 5) is 2.38. The van der Waals surface area contributed by atoms with Crippen LogP contribution in [0.3, 0.4) is 0 Å². The van der Waals surface area contributed by atoms with E-state index >= 15 is 0 Å². The molecule has 2 heterocycles.